The molecule has 2 rings (SSSR count). The number of carbonyl (C=O) groups is 2. The standard InChI is InChI=1S/C25H39NO3Si/c1-6-10-11-12-13-14-17-20-25(29-30(7-2,8-3)9-4)22-18-15-16-19-23(22)26(21(5)27)24(25)28/h14-19H,6-13,20H2,1-5H3/b17-14+/t25-/m1/s1. The highest BCUT2D eigenvalue weighted by Crippen LogP contribution is 2.48. The van der Waals surface area contributed by atoms with Gasteiger partial charge >= 0.3 is 0 Å². The zero-order chi connectivity index (χ0) is 22.2. The average molecular weight is 430 g/mol. The molecule has 4 nitrogen and oxygen atoms in total. The topological polar surface area (TPSA) is 46.6 Å². The van der Waals surface area contributed by atoms with E-state index < -0.39 is 13.9 Å². The number of amides is 2. The van der Waals surface area contributed by atoms with Crippen LogP contribution in [0.3, 0.4) is 0 Å². The lowest BCUT2D eigenvalue weighted by Crippen LogP contribution is -2.51. The molecule has 1 aliphatic rings. The number of carbonyl (C=O) groups excluding carboxylic acids is 2. The number of benzene rings is 1. The van der Waals surface area contributed by atoms with Gasteiger partial charge in [-0.05, 0) is 37.0 Å². The summed E-state index contributed by atoms with van der Waals surface area (Å²) in [6.45, 7) is 10.2. The minimum atomic E-state index is -2.11. The SMILES string of the molecule is CCCCCC/C=C/C[C@]1(O[Si](CC)(CC)CC)C(=O)N(C(C)=O)c2ccccc21. The lowest BCUT2D eigenvalue weighted by Gasteiger charge is -2.39. The Morgan fingerprint density at radius 2 is 1.70 bits per heavy atom. The summed E-state index contributed by atoms with van der Waals surface area (Å²) in [5, 5.41) is 0. The molecule has 166 valence electrons. The predicted molar refractivity (Wildman–Crippen MR) is 127 cm³/mol. The van der Waals surface area contributed by atoms with Crippen molar-refractivity contribution in [2.75, 3.05) is 4.90 Å². The van der Waals surface area contributed by atoms with E-state index in [1.54, 1.807) is 0 Å². The highest BCUT2D eigenvalue weighted by molar-refractivity contribution is 6.73. The number of para-hydroxylation sites is 1. The van der Waals surface area contributed by atoms with Crippen molar-refractivity contribution in [1.29, 1.82) is 0 Å². The summed E-state index contributed by atoms with van der Waals surface area (Å²) in [5.41, 5.74) is 0.432. The van der Waals surface area contributed by atoms with E-state index in [9.17, 15) is 9.59 Å². The van der Waals surface area contributed by atoms with Gasteiger partial charge in [-0.15, -0.1) is 0 Å². The van der Waals surface area contributed by atoms with Crippen LogP contribution in [-0.2, 0) is 19.6 Å². The lowest BCUT2D eigenvalue weighted by molar-refractivity contribution is -0.137. The molecule has 2 amide bonds. The summed E-state index contributed by atoms with van der Waals surface area (Å²) < 4.78 is 6.94. The largest absolute Gasteiger partial charge is 0.399 e. The molecular weight excluding hydrogens is 390 g/mol. The van der Waals surface area contributed by atoms with E-state index in [0.29, 0.717) is 12.1 Å². The third-order valence-electron chi connectivity index (χ3n) is 6.56. The lowest BCUT2D eigenvalue weighted by atomic mass is 9.91. The third kappa shape index (κ3) is 4.94. The summed E-state index contributed by atoms with van der Waals surface area (Å²) >= 11 is 0. The van der Waals surface area contributed by atoms with E-state index in [2.05, 4.69) is 39.8 Å². The van der Waals surface area contributed by atoms with E-state index in [-0.39, 0.29) is 11.8 Å². The number of anilines is 1. The Kier molecular flexibility index (Phi) is 9.04. The van der Waals surface area contributed by atoms with E-state index in [4.69, 9.17) is 4.43 Å². The Labute approximate surface area is 183 Å². The molecule has 0 saturated heterocycles. The third-order valence-corrected chi connectivity index (χ3v) is 11.2. The molecule has 1 aliphatic heterocycles. The van der Waals surface area contributed by atoms with Gasteiger partial charge in [-0.25, -0.2) is 4.90 Å². The number of hydrogen-bond acceptors (Lipinski definition) is 3. The molecule has 1 atom stereocenters. The number of nitrogens with zero attached hydrogens (tertiary/aromatic N) is 1. The second-order valence-corrected chi connectivity index (χ2v) is 13.1. The normalized spacial score (nSPS) is 19.0. The molecule has 0 saturated carbocycles. The molecule has 0 aliphatic carbocycles. The maximum atomic E-state index is 13.7. The number of rotatable bonds is 12. The smallest absolute Gasteiger partial charge is 0.270 e. The van der Waals surface area contributed by atoms with Crippen LogP contribution in [0.25, 0.3) is 0 Å². The van der Waals surface area contributed by atoms with Gasteiger partial charge in [0.2, 0.25) is 5.91 Å². The van der Waals surface area contributed by atoms with E-state index >= 15 is 0 Å². The Bertz CT molecular complexity index is 748. The monoisotopic (exact) mass is 429 g/mol. The highest BCUT2D eigenvalue weighted by atomic mass is 28.4. The molecule has 0 N–H and O–H groups in total. The first kappa shape index (κ1) is 24.5. The van der Waals surface area contributed by atoms with Gasteiger partial charge in [-0.2, -0.15) is 0 Å². The van der Waals surface area contributed by atoms with E-state index in [1.807, 2.05) is 24.3 Å². The number of allylic oxidation sites excluding steroid dienone is 1. The summed E-state index contributed by atoms with van der Waals surface area (Å²) in [4.78, 5) is 27.4. The van der Waals surface area contributed by atoms with Gasteiger partial charge in [0, 0.05) is 18.9 Å². The fourth-order valence-corrected chi connectivity index (χ4v) is 7.41. The molecule has 1 heterocycles. The minimum Gasteiger partial charge on any atom is -0.399 e. The average Bonchev–Trinajstić information content (AvgIpc) is 2.99. The Hall–Kier alpha value is -1.72. The van der Waals surface area contributed by atoms with Gasteiger partial charge in [0.15, 0.2) is 13.9 Å². The van der Waals surface area contributed by atoms with Crippen LogP contribution in [0.4, 0.5) is 5.69 Å². The van der Waals surface area contributed by atoms with Gasteiger partial charge in [0.25, 0.3) is 5.91 Å². The van der Waals surface area contributed by atoms with Crippen LogP contribution < -0.4 is 4.90 Å². The molecule has 5 heteroatoms. The van der Waals surface area contributed by atoms with Crippen molar-refractivity contribution >= 4 is 25.8 Å². The van der Waals surface area contributed by atoms with Crippen molar-refractivity contribution in [3.63, 3.8) is 0 Å². The number of unbranched alkanes of at least 4 members (excludes halogenated alkanes) is 4. The number of hydrogen-bond donors (Lipinski definition) is 0. The van der Waals surface area contributed by atoms with Crippen LogP contribution in [0.15, 0.2) is 36.4 Å². The van der Waals surface area contributed by atoms with Crippen LogP contribution in [0, 0.1) is 0 Å². The van der Waals surface area contributed by atoms with Crippen molar-refractivity contribution < 1.29 is 14.0 Å². The Morgan fingerprint density at radius 3 is 2.30 bits per heavy atom. The quantitative estimate of drug-likeness (QED) is 0.211. The van der Waals surface area contributed by atoms with Gasteiger partial charge in [-0.1, -0.05) is 77.3 Å². The maximum Gasteiger partial charge on any atom is 0.270 e. The van der Waals surface area contributed by atoms with Crippen LogP contribution in [-0.4, -0.2) is 20.1 Å². The molecule has 1 aromatic rings. The summed E-state index contributed by atoms with van der Waals surface area (Å²) in [6, 6.07) is 10.5. The van der Waals surface area contributed by atoms with Crippen LogP contribution in [0.1, 0.15) is 78.7 Å². The van der Waals surface area contributed by atoms with Gasteiger partial charge < -0.3 is 4.43 Å². The molecular formula is C25H39NO3Si. The molecule has 0 bridgehead atoms. The fraction of sp³-hybridized carbons (Fsp3) is 0.600. The van der Waals surface area contributed by atoms with Crippen molar-refractivity contribution in [1.82, 2.24) is 0 Å². The van der Waals surface area contributed by atoms with Crippen molar-refractivity contribution in [3.05, 3.63) is 42.0 Å². The molecule has 30 heavy (non-hydrogen) atoms. The summed E-state index contributed by atoms with van der Waals surface area (Å²) in [5.74, 6) is -0.475. The fourth-order valence-electron chi connectivity index (χ4n) is 4.46. The van der Waals surface area contributed by atoms with Crippen molar-refractivity contribution in [3.8, 4) is 0 Å². The molecule has 0 radical (unpaired) electrons. The Balaban J connectivity index is 2.43. The van der Waals surface area contributed by atoms with E-state index in [1.165, 1.54) is 37.5 Å². The number of imide groups is 1. The number of fused-ring (bicyclic) bond motifs is 1. The van der Waals surface area contributed by atoms with Gasteiger partial charge in [-0.3, -0.25) is 9.59 Å². The van der Waals surface area contributed by atoms with Crippen LogP contribution >= 0.6 is 0 Å². The highest BCUT2D eigenvalue weighted by Gasteiger charge is 2.55. The van der Waals surface area contributed by atoms with Crippen molar-refractivity contribution in [2.45, 2.75) is 96.9 Å². The minimum absolute atomic E-state index is 0.223. The molecule has 0 spiro atoms. The van der Waals surface area contributed by atoms with Gasteiger partial charge in [0.1, 0.15) is 0 Å². The summed E-state index contributed by atoms with van der Waals surface area (Å²) in [6.07, 6.45) is 10.7. The second kappa shape index (κ2) is 11.1. The van der Waals surface area contributed by atoms with Crippen LogP contribution in [0.5, 0.6) is 0 Å². The van der Waals surface area contributed by atoms with Gasteiger partial charge in [0.05, 0.1) is 5.69 Å². The molecule has 0 unspecified atom stereocenters. The first-order valence-corrected chi connectivity index (χ1v) is 14.2. The maximum absolute atomic E-state index is 13.7. The Morgan fingerprint density at radius 1 is 1.03 bits per heavy atom. The predicted octanol–water partition coefficient (Wildman–Crippen LogP) is 6.71. The van der Waals surface area contributed by atoms with Crippen LogP contribution in [0.2, 0.25) is 18.1 Å². The zero-order valence-corrected chi connectivity index (χ0v) is 20.5. The molecule has 0 fully saturated rings. The first-order valence-electron chi connectivity index (χ1n) is 11.7. The van der Waals surface area contributed by atoms with E-state index in [0.717, 1.165) is 30.1 Å². The van der Waals surface area contributed by atoms with Crippen molar-refractivity contribution in [2.24, 2.45) is 0 Å². The summed E-state index contributed by atoms with van der Waals surface area (Å²) in [7, 11) is -2.11. The molecule has 1 aromatic carbocycles. The zero-order valence-electron chi connectivity index (χ0n) is 19.5. The first-order chi connectivity index (χ1) is 14.4. The molecule has 0 aromatic heterocycles. The second-order valence-electron chi connectivity index (χ2n) is 8.37.